The van der Waals surface area contributed by atoms with E-state index >= 15 is 0 Å². The Morgan fingerprint density at radius 1 is 1.18 bits per heavy atom. The lowest BCUT2D eigenvalue weighted by Crippen LogP contribution is -2.40. The van der Waals surface area contributed by atoms with Crippen LogP contribution in [0, 0.1) is 0 Å². The molecular weight excluding hydrogens is 590 g/mol. The lowest BCUT2D eigenvalue weighted by molar-refractivity contribution is -0.113. The molecule has 2 heterocycles. The third kappa shape index (κ3) is 4.92. The van der Waals surface area contributed by atoms with Gasteiger partial charge in [-0.05, 0) is 55.0 Å². The summed E-state index contributed by atoms with van der Waals surface area (Å²) in [6.07, 6.45) is 1.57. The molecule has 2 N–H and O–H groups in total. The van der Waals surface area contributed by atoms with Gasteiger partial charge in [0.2, 0.25) is 0 Å². The molecule has 0 fully saturated rings. The van der Waals surface area contributed by atoms with Crippen molar-refractivity contribution < 1.29 is 14.6 Å². The van der Waals surface area contributed by atoms with Crippen molar-refractivity contribution in [2.24, 2.45) is 4.99 Å². The van der Waals surface area contributed by atoms with Crippen molar-refractivity contribution in [1.82, 2.24) is 4.57 Å². The first-order valence-electron chi connectivity index (χ1n) is 11.5. The van der Waals surface area contributed by atoms with Gasteiger partial charge >= 0.3 is 0 Å². The smallest absolute Gasteiger partial charge is 0.271 e. The Hall–Kier alpha value is -3.66. The van der Waals surface area contributed by atoms with E-state index in [1.165, 1.54) is 15.9 Å². The van der Waals surface area contributed by atoms with Gasteiger partial charge in [-0.25, -0.2) is 4.99 Å². The number of para-hydroxylation sites is 1. The summed E-state index contributed by atoms with van der Waals surface area (Å²) in [6.45, 7) is 1.76. The van der Waals surface area contributed by atoms with Crippen LogP contribution in [0.15, 0.2) is 92.3 Å². The van der Waals surface area contributed by atoms with Crippen molar-refractivity contribution in [3.63, 3.8) is 0 Å². The van der Waals surface area contributed by atoms with Gasteiger partial charge in [0.25, 0.3) is 11.5 Å². The Kier molecular flexibility index (Phi) is 7.25. The highest BCUT2D eigenvalue weighted by Gasteiger charge is 2.32. The molecule has 1 atom stereocenters. The van der Waals surface area contributed by atoms with E-state index in [4.69, 9.17) is 16.3 Å². The summed E-state index contributed by atoms with van der Waals surface area (Å²) in [6, 6.07) is 18.8. The van der Waals surface area contributed by atoms with Crippen molar-refractivity contribution in [2.75, 3.05) is 12.4 Å². The molecule has 4 aromatic rings. The van der Waals surface area contributed by atoms with Crippen molar-refractivity contribution in [1.29, 1.82) is 0 Å². The number of anilines is 1. The molecule has 5 rings (SSSR count). The average Bonchev–Trinajstić information content (AvgIpc) is 3.20. The van der Waals surface area contributed by atoms with E-state index in [1.54, 1.807) is 56.5 Å². The maximum atomic E-state index is 13.8. The molecule has 0 bridgehead atoms. The molecule has 0 saturated carbocycles. The lowest BCUT2D eigenvalue weighted by atomic mass is 9.95. The van der Waals surface area contributed by atoms with Gasteiger partial charge < -0.3 is 15.2 Å². The number of benzene rings is 3. The highest BCUT2D eigenvalue weighted by Crippen LogP contribution is 2.33. The number of thiazole rings is 1. The molecular formula is C28H21BrClN3O4S. The van der Waals surface area contributed by atoms with E-state index in [0.717, 1.165) is 5.56 Å². The van der Waals surface area contributed by atoms with Crippen LogP contribution >= 0.6 is 38.9 Å². The van der Waals surface area contributed by atoms with Gasteiger partial charge in [0, 0.05) is 15.7 Å². The number of amides is 1. The van der Waals surface area contributed by atoms with Crippen molar-refractivity contribution in [2.45, 2.75) is 13.0 Å². The fourth-order valence-electron chi connectivity index (χ4n) is 4.27. The number of aromatic nitrogens is 1. The molecule has 1 aliphatic rings. The molecule has 0 radical (unpaired) electrons. The lowest BCUT2D eigenvalue weighted by Gasteiger charge is -2.25. The van der Waals surface area contributed by atoms with Gasteiger partial charge in [0.05, 0.1) is 34.0 Å². The minimum atomic E-state index is -0.734. The molecule has 0 spiro atoms. The maximum absolute atomic E-state index is 13.8. The zero-order valence-corrected chi connectivity index (χ0v) is 23.4. The van der Waals surface area contributed by atoms with Gasteiger partial charge in [-0.2, -0.15) is 0 Å². The van der Waals surface area contributed by atoms with Gasteiger partial charge in [-0.15, -0.1) is 0 Å². The number of fused-ring (bicyclic) bond motifs is 1. The second kappa shape index (κ2) is 10.6. The molecule has 1 amide bonds. The Balaban J connectivity index is 1.70. The first-order valence-corrected chi connectivity index (χ1v) is 13.5. The molecule has 1 aromatic heterocycles. The minimum absolute atomic E-state index is 0.133. The Morgan fingerprint density at radius 2 is 1.89 bits per heavy atom. The fourth-order valence-corrected chi connectivity index (χ4v) is 6.14. The monoisotopic (exact) mass is 609 g/mol. The van der Waals surface area contributed by atoms with Crippen molar-refractivity contribution in [3.05, 3.63) is 118 Å². The van der Waals surface area contributed by atoms with Crippen LogP contribution in [-0.2, 0) is 4.79 Å². The van der Waals surface area contributed by atoms with E-state index in [-0.39, 0.29) is 22.2 Å². The number of phenols is 1. The highest BCUT2D eigenvalue weighted by atomic mass is 79.9. The number of hydrogen-bond donors (Lipinski definition) is 2. The number of phenolic OH excluding ortho intramolecular Hbond substituents is 1. The van der Waals surface area contributed by atoms with Crippen LogP contribution in [0.1, 0.15) is 24.1 Å². The number of carbonyl (C=O) groups is 1. The Labute approximate surface area is 235 Å². The van der Waals surface area contributed by atoms with Gasteiger partial charge in [-0.3, -0.25) is 14.2 Å². The molecule has 10 heteroatoms. The SMILES string of the molecule is COc1ccc([C@H]2C(C(=O)Nc3ccccc3)=C(C)N=c3s/c(=C/c4cc(Br)cc(Cl)c4O)c(=O)n32)cc1. The number of rotatable bonds is 5. The number of methoxy groups -OCH3 is 1. The second-order valence-corrected chi connectivity index (χ2v) is 10.8. The van der Waals surface area contributed by atoms with Crippen LogP contribution in [0.2, 0.25) is 5.02 Å². The van der Waals surface area contributed by atoms with Crippen molar-refractivity contribution >= 4 is 56.5 Å². The molecule has 7 nitrogen and oxygen atoms in total. The molecule has 0 saturated heterocycles. The number of nitrogens with zero attached hydrogens (tertiary/aromatic N) is 2. The number of aromatic hydroxyl groups is 1. The van der Waals surface area contributed by atoms with Crippen LogP contribution in [0.5, 0.6) is 11.5 Å². The van der Waals surface area contributed by atoms with Gasteiger partial charge in [0.1, 0.15) is 11.5 Å². The highest BCUT2D eigenvalue weighted by molar-refractivity contribution is 9.10. The van der Waals surface area contributed by atoms with E-state index in [0.29, 0.717) is 42.1 Å². The number of allylic oxidation sites excluding steroid dienone is 1. The van der Waals surface area contributed by atoms with E-state index in [9.17, 15) is 14.7 Å². The predicted octanol–water partition coefficient (Wildman–Crippen LogP) is 5.00. The van der Waals surface area contributed by atoms with E-state index in [1.807, 2.05) is 30.3 Å². The topological polar surface area (TPSA) is 92.9 Å². The number of ether oxygens (including phenoxy) is 1. The van der Waals surface area contributed by atoms with Crippen LogP contribution in [0.4, 0.5) is 5.69 Å². The molecule has 0 unspecified atom stereocenters. The Morgan fingerprint density at radius 3 is 2.58 bits per heavy atom. The summed E-state index contributed by atoms with van der Waals surface area (Å²) < 4.78 is 7.82. The van der Waals surface area contributed by atoms with Gasteiger partial charge in [-0.1, -0.05) is 69.2 Å². The minimum Gasteiger partial charge on any atom is -0.506 e. The molecule has 1 aliphatic heterocycles. The summed E-state index contributed by atoms with van der Waals surface area (Å²) in [5.74, 6) is 0.162. The molecule has 192 valence electrons. The summed E-state index contributed by atoms with van der Waals surface area (Å²) >= 11 is 10.7. The van der Waals surface area contributed by atoms with E-state index < -0.39 is 6.04 Å². The number of hydrogen-bond acceptors (Lipinski definition) is 6. The summed E-state index contributed by atoms with van der Waals surface area (Å²) in [5, 5.41) is 13.6. The standard InChI is InChI=1S/C28H21BrClN3O4S/c1-15-23(26(35)32-19-6-4-3-5-7-19)24(16-8-10-20(37-2)11-9-16)33-27(36)22(38-28(33)31-15)13-17-12-18(29)14-21(30)25(17)34/h3-14,24,34H,1-2H3,(H,32,35)/b22-13+/t24-/m0/s1. The largest absolute Gasteiger partial charge is 0.506 e. The zero-order chi connectivity index (χ0) is 27.0. The average molecular weight is 611 g/mol. The fraction of sp³-hybridized carbons (Fsp3) is 0.107. The maximum Gasteiger partial charge on any atom is 0.271 e. The van der Waals surface area contributed by atoms with Crippen LogP contribution < -0.4 is 24.9 Å². The molecule has 3 aromatic carbocycles. The summed E-state index contributed by atoms with van der Waals surface area (Å²) in [4.78, 5) is 32.5. The first-order chi connectivity index (χ1) is 18.3. The quantitative estimate of drug-likeness (QED) is 0.333. The second-order valence-electron chi connectivity index (χ2n) is 8.50. The van der Waals surface area contributed by atoms with Crippen LogP contribution in [0.3, 0.4) is 0 Å². The summed E-state index contributed by atoms with van der Waals surface area (Å²) in [7, 11) is 1.57. The Bertz CT molecular complexity index is 1760. The first kappa shape index (κ1) is 26.0. The predicted molar refractivity (Wildman–Crippen MR) is 153 cm³/mol. The third-order valence-corrected chi connectivity index (χ3v) is 7.80. The van der Waals surface area contributed by atoms with Crippen LogP contribution in [-0.4, -0.2) is 22.7 Å². The zero-order valence-electron chi connectivity index (χ0n) is 20.2. The third-order valence-electron chi connectivity index (χ3n) is 6.07. The molecule has 38 heavy (non-hydrogen) atoms. The van der Waals surface area contributed by atoms with E-state index in [2.05, 4.69) is 26.2 Å². The van der Waals surface area contributed by atoms with Crippen LogP contribution in [0.25, 0.3) is 6.08 Å². The van der Waals surface area contributed by atoms with Gasteiger partial charge in [0.15, 0.2) is 4.80 Å². The summed E-state index contributed by atoms with van der Waals surface area (Å²) in [5.41, 5.74) is 2.24. The normalized spacial score (nSPS) is 15.2. The number of halogens is 2. The number of carbonyl (C=O) groups excluding carboxylic acids is 1. The molecule has 0 aliphatic carbocycles. The number of nitrogens with one attached hydrogen (secondary N) is 1. The van der Waals surface area contributed by atoms with Crippen molar-refractivity contribution in [3.8, 4) is 11.5 Å².